The van der Waals surface area contributed by atoms with Crippen molar-refractivity contribution in [2.45, 2.75) is 39.5 Å². The second-order valence-electron chi connectivity index (χ2n) is 7.82. The molecular formula is C21H23ClF2N4O2. The number of carbonyl (C=O) groups is 1. The number of alkyl halides is 2. The lowest BCUT2D eigenvalue weighted by atomic mass is 9.95. The van der Waals surface area contributed by atoms with Gasteiger partial charge < -0.3 is 14.5 Å². The van der Waals surface area contributed by atoms with Gasteiger partial charge in [0.05, 0.1) is 29.6 Å². The number of amides is 1. The second-order valence-corrected chi connectivity index (χ2v) is 8.20. The number of fused-ring (bicyclic) bond motifs is 1. The minimum atomic E-state index is -2.59. The Morgan fingerprint density at radius 3 is 2.83 bits per heavy atom. The smallest absolute Gasteiger partial charge is 0.280 e. The molecule has 0 spiro atoms. The van der Waals surface area contributed by atoms with Gasteiger partial charge in [-0.3, -0.25) is 14.8 Å². The first-order valence-corrected chi connectivity index (χ1v) is 10.2. The van der Waals surface area contributed by atoms with Gasteiger partial charge in [0.1, 0.15) is 5.69 Å². The molecule has 4 rings (SSSR count). The number of pyridine rings is 2. The van der Waals surface area contributed by atoms with Gasteiger partial charge in [0.25, 0.3) is 6.43 Å². The monoisotopic (exact) mass is 436 g/mol. The number of carbonyl (C=O) groups excluding carboxylic acids is 1. The van der Waals surface area contributed by atoms with E-state index in [2.05, 4.69) is 9.97 Å². The normalized spacial score (nSPS) is 16.2. The summed E-state index contributed by atoms with van der Waals surface area (Å²) in [5.74, 6) is 0.274. The Hall–Kier alpha value is -2.32. The van der Waals surface area contributed by atoms with Gasteiger partial charge in [-0.15, -0.1) is 0 Å². The van der Waals surface area contributed by atoms with Crippen LogP contribution in [0.15, 0.2) is 18.3 Å². The van der Waals surface area contributed by atoms with E-state index in [1.54, 1.807) is 13.2 Å². The largest absolute Gasteiger partial charge is 0.378 e. The molecule has 0 aliphatic carbocycles. The van der Waals surface area contributed by atoms with Crippen molar-refractivity contribution in [3.05, 3.63) is 51.6 Å². The van der Waals surface area contributed by atoms with Crippen LogP contribution in [0.5, 0.6) is 0 Å². The van der Waals surface area contributed by atoms with Crippen LogP contribution in [0.2, 0.25) is 5.02 Å². The van der Waals surface area contributed by atoms with Gasteiger partial charge in [-0.2, -0.15) is 0 Å². The number of nitrogens with zero attached hydrogens (tertiary/aromatic N) is 4. The third-order valence-electron chi connectivity index (χ3n) is 5.75. The highest BCUT2D eigenvalue weighted by atomic mass is 35.5. The van der Waals surface area contributed by atoms with Crippen molar-refractivity contribution in [2.24, 2.45) is 5.92 Å². The number of ether oxygens (including phenoxy) is 1. The standard InChI is InChI=1S/C21H23ClF2N4O2/c1-12-15-9-28(10-17(15)26-18(11-30-2)20(12)22)19(29)5-13-7-27(8-13)14-3-4-25-16(6-14)21(23)24/h3-4,6,13,21H,5,7-11H2,1-2H3. The van der Waals surface area contributed by atoms with Crippen molar-refractivity contribution in [3.8, 4) is 0 Å². The summed E-state index contributed by atoms with van der Waals surface area (Å²) in [6.45, 7) is 4.60. The maximum absolute atomic E-state index is 12.8. The van der Waals surface area contributed by atoms with E-state index in [1.165, 1.54) is 12.3 Å². The average Bonchev–Trinajstić information content (AvgIpc) is 3.13. The van der Waals surface area contributed by atoms with Gasteiger partial charge in [0, 0.05) is 51.0 Å². The van der Waals surface area contributed by atoms with E-state index in [0.717, 1.165) is 22.5 Å². The summed E-state index contributed by atoms with van der Waals surface area (Å²) in [7, 11) is 1.60. The van der Waals surface area contributed by atoms with Gasteiger partial charge >= 0.3 is 0 Å². The first-order chi connectivity index (χ1) is 14.4. The second kappa shape index (κ2) is 8.43. The quantitative estimate of drug-likeness (QED) is 0.687. The van der Waals surface area contributed by atoms with Crippen LogP contribution in [0.4, 0.5) is 14.5 Å². The van der Waals surface area contributed by atoms with Crippen molar-refractivity contribution >= 4 is 23.2 Å². The first-order valence-electron chi connectivity index (χ1n) is 9.79. The van der Waals surface area contributed by atoms with Gasteiger partial charge in [-0.05, 0) is 30.2 Å². The van der Waals surface area contributed by atoms with Crippen LogP contribution in [-0.4, -0.2) is 41.0 Å². The summed E-state index contributed by atoms with van der Waals surface area (Å²) in [4.78, 5) is 24.9. The summed E-state index contributed by atoms with van der Waals surface area (Å²) < 4.78 is 30.8. The number of hydrogen-bond donors (Lipinski definition) is 0. The lowest BCUT2D eigenvalue weighted by Crippen LogP contribution is -2.48. The van der Waals surface area contributed by atoms with E-state index in [0.29, 0.717) is 49.9 Å². The van der Waals surface area contributed by atoms with Crippen molar-refractivity contribution in [1.82, 2.24) is 14.9 Å². The zero-order valence-corrected chi connectivity index (χ0v) is 17.6. The molecule has 1 saturated heterocycles. The summed E-state index contributed by atoms with van der Waals surface area (Å²) >= 11 is 6.40. The zero-order valence-electron chi connectivity index (χ0n) is 16.9. The molecule has 2 aromatic rings. The molecule has 2 aromatic heterocycles. The Balaban J connectivity index is 1.35. The molecule has 2 aliphatic heterocycles. The maximum atomic E-state index is 12.8. The molecule has 0 radical (unpaired) electrons. The van der Waals surface area contributed by atoms with Crippen molar-refractivity contribution < 1.29 is 18.3 Å². The molecular weight excluding hydrogens is 414 g/mol. The molecule has 30 heavy (non-hydrogen) atoms. The van der Waals surface area contributed by atoms with E-state index in [9.17, 15) is 13.6 Å². The van der Waals surface area contributed by atoms with Crippen molar-refractivity contribution in [3.63, 3.8) is 0 Å². The number of halogens is 3. The number of anilines is 1. The lowest BCUT2D eigenvalue weighted by Gasteiger charge is -2.41. The minimum Gasteiger partial charge on any atom is -0.378 e. The maximum Gasteiger partial charge on any atom is 0.280 e. The molecule has 0 atom stereocenters. The Bertz CT molecular complexity index is 966. The predicted octanol–water partition coefficient (Wildman–Crippen LogP) is 3.89. The summed E-state index contributed by atoms with van der Waals surface area (Å²) in [5.41, 5.74) is 4.03. The third kappa shape index (κ3) is 3.98. The summed E-state index contributed by atoms with van der Waals surface area (Å²) in [5, 5.41) is 0.597. The zero-order chi connectivity index (χ0) is 21.4. The topological polar surface area (TPSA) is 58.6 Å². The molecule has 2 aliphatic rings. The van der Waals surface area contributed by atoms with Crippen LogP contribution >= 0.6 is 11.6 Å². The van der Waals surface area contributed by atoms with Crippen LogP contribution in [0.25, 0.3) is 0 Å². The van der Waals surface area contributed by atoms with Gasteiger partial charge in [-0.1, -0.05) is 11.6 Å². The summed E-state index contributed by atoms with van der Waals surface area (Å²) in [6.07, 6.45) is -0.764. The van der Waals surface area contributed by atoms with Crippen LogP contribution in [0.1, 0.15) is 41.1 Å². The van der Waals surface area contributed by atoms with Gasteiger partial charge in [-0.25, -0.2) is 8.78 Å². The van der Waals surface area contributed by atoms with Crippen LogP contribution in [0, 0.1) is 12.8 Å². The highest BCUT2D eigenvalue weighted by Crippen LogP contribution is 2.33. The van der Waals surface area contributed by atoms with E-state index in [4.69, 9.17) is 16.3 Å². The third-order valence-corrected chi connectivity index (χ3v) is 6.25. The van der Waals surface area contributed by atoms with E-state index in [1.807, 2.05) is 16.7 Å². The van der Waals surface area contributed by atoms with Crippen LogP contribution in [0.3, 0.4) is 0 Å². The van der Waals surface area contributed by atoms with Gasteiger partial charge in [0.15, 0.2) is 0 Å². The minimum absolute atomic E-state index is 0.0736. The van der Waals surface area contributed by atoms with Crippen LogP contribution in [-0.2, 0) is 29.2 Å². The average molecular weight is 437 g/mol. The molecule has 0 bridgehead atoms. The predicted molar refractivity (Wildman–Crippen MR) is 108 cm³/mol. The Kier molecular flexibility index (Phi) is 5.88. The number of hydrogen-bond acceptors (Lipinski definition) is 5. The highest BCUT2D eigenvalue weighted by Gasteiger charge is 2.33. The molecule has 0 unspecified atom stereocenters. The molecule has 160 valence electrons. The molecule has 1 amide bonds. The van der Waals surface area contributed by atoms with Gasteiger partial charge in [0.2, 0.25) is 5.91 Å². The van der Waals surface area contributed by atoms with Crippen molar-refractivity contribution in [1.29, 1.82) is 0 Å². The Labute approximate surface area is 178 Å². The number of aromatic nitrogens is 2. The summed E-state index contributed by atoms with van der Waals surface area (Å²) in [6, 6.07) is 3.13. The molecule has 0 saturated carbocycles. The molecule has 0 N–H and O–H groups in total. The number of methoxy groups -OCH3 is 1. The molecule has 9 heteroatoms. The lowest BCUT2D eigenvalue weighted by molar-refractivity contribution is -0.133. The molecule has 1 fully saturated rings. The van der Waals surface area contributed by atoms with Crippen LogP contribution < -0.4 is 4.90 Å². The first kappa shape index (κ1) is 20.9. The highest BCUT2D eigenvalue weighted by molar-refractivity contribution is 6.32. The number of rotatable bonds is 6. The molecule has 6 nitrogen and oxygen atoms in total. The van der Waals surface area contributed by atoms with E-state index in [-0.39, 0.29) is 17.5 Å². The van der Waals surface area contributed by atoms with E-state index < -0.39 is 6.43 Å². The Morgan fingerprint density at radius 1 is 1.37 bits per heavy atom. The van der Waals surface area contributed by atoms with E-state index >= 15 is 0 Å². The Morgan fingerprint density at radius 2 is 2.13 bits per heavy atom. The molecule has 4 heterocycles. The fraction of sp³-hybridized carbons (Fsp3) is 0.476. The molecule has 0 aromatic carbocycles. The van der Waals surface area contributed by atoms with Crippen molar-refractivity contribution in [2.75, 3.05) is 25.1 Å². The fourth-order valence-corrected chi connectivity index (χ4v) is 4.27. The fourth-order valence-electron chi connectivity index (χ4n) is 4.06. The SMILES string of the molecule is COCc1nc2c(c(C)c1Cl)CN(C(=O)CC1CN(c3ccnc(C(F)F)c3)C1)C2.